The van der Waals surface area contributed by atoms with E-state index < -0.39 is 11.8 Å². The van der Waals surface area contributed by atoms with E-state index in [4.69, 9.17) is 9.84 Å². The van der Waals surface area contributed by atoms with Gasteiger partial charge in [-0.3, -0.25) is 4.79 Å². The van der Waals surface area contributed by atoms with Crippen LogP contribution in [-0.4, -0.2) is 29.4 Å². The van der Waals surface area contributed by atoms with Gasteiger partial charge in [0.2, 0.25) is 5.78 Å². The van der Waals surface area contributed by atoms with Crippen LogP contribution >= 0.6 is 0 Å². The zero-order valence-corrected chi connectivity index (χ0v) is 21.0. The second kappa shape index (κ2) is 11.4. The number of Topliss-reactive ketones (excluding diaryl/α,β-unsaturated/α-hetero) is 1. The second-order valence-electron chi connectivity index (χ2n) is 9.98. The zero-order valence-electron chi connectivity index (χ0n) is 21.0. The van der Waals surface area contributed by atoms with E-state index in [1.54, 1.807) is 6.07 Å². The third-order valence-corrected chi connectivity index (χ3v) is 7.79. The zero-order chi connectivity index (χ0) is 26.5. The van der Waals surface area contributed by atoms with Gasteiger partial charge in [-0.05, 0) is 64.6 Å². The van der Waals surface area contributed by atoms with E-state index in [1.165, 1.54) is 11.1 Å². The highest BCUT2D eigenvalue weighted by Gasteiger charge is 2.51. The van der Waals surface area contributed by atoms with Crippen molar-refractivity contribution in [2.24, 2.45) is 11.8 Å². The summed E-state index contributed by atoms with van der Waals surface area (Å²) in [7, 11) is 0. The van der Waals surface area contributed by atoms with Gasteiger partial charge in [-0.15, -0.1) is 0 Å². The monoisotopic (exact) mass is 506 g/mol. The molecule has 4 aromatic rings. The molecule has 0 bridgehead atoms. The number of hydrogen-bond acceptors (Lipinski definition) is 4. The number of carboxylic acid groups (broad SMARTS) is 1. The lowest BCUT2D eigenvalue weighted by Crippen LogP contribution is -2.46. The molecule has 1 aliphatic carbocycles. The predicted molar refractivity (Wildman–Crippen MR) is 146 cm³/mol. The molecule has 1 N–H and O–H groups in total. The number of carboxylic acids is 1. The average Bonchev–Trinajstić information content (AvgIpc) is 2.94. The van der Waals surface area contributed by atoms with Crippen LogP contribution in [0.5, 0.6) is 0 Å². The molecule has 0 heterocycles. The third kappa shape index (κ3) is 5.37. The van der Waals surface area contributed by atoms with Gasteiger partial charge in [0.05, 0.1) is 12.2 Å². The van der Waals surface area contributed by atoms with E-state index in [1.807, 2.05) is 72.8 Å². The summed E-state index contributed by atoms with van der Waals surface area (Å²) in [5, 5.41) is 11.1. The molecule has 1 aliphatic rings. The van der Waals surface area contributed by atoms with Crippen LogP contribution < -0.4 is 0 Å². The molecule has 5 heteroatoms. The molecular weight excluding hydrogens is 476 g/mol. The largest absolute Gasteiger partial charge is 0.476 e. The van der Waals surface area contributed by atoms with Gasteiger partial charge in [0, 0.05) is 12.3 Å². The fourth-order valence-corrected chi connectivity index (χ4v) is 6.02. The van der Waals surface area contributed by atoms with Crippen molar-refractivity contribution in [1.29, 1.82) is 0 Å². The van der Waals surface area contributed by atoms with Gasteiger partial charge in [-0.25, -0.2) is 9.59 Å². The quantitative estimate of drug-likeness (QED) is 0.193. The number of esters is 1. The van der Waals surface area contributed by atoms with Crippen molar-refractivity contribution in [3.63, 3.8) is 0 Å². The van der Waals surface area contributed by atoms with Crippen molar-refractivity contribution in [3.05, 3.63) is 120 Å². The highest BCUT2D eigenvalue weighted by Crippen LogP contribution is 2.59. The minimum atomic E-state index is -1.38. The third-order valence-electron chi connectivity index (χ3n) is 7.79. The smallest absolute Gasteiger partial charge is 0.372 e. The van der Waals surface area contributed by atoms with Crippen molar-refractivity contribution < 1.29 is 24.2 Å². The number of hydrogen-bond donors (Lipinski definition) is 1. The Balaban J connectivity index is 1.38. The van der Waals surface area contributed by atoms with Crippen LogP contribution in [0.2, 0.25) is 0 Å². The van der Waals surface area contributed by atoms with Crippen molar-refractivity contribution in [2.75, 3.05) is 6.61 Å². The van der Waals surface area contributed by atoms with Gasteiger partial charge in [-0.1, -0.05) is 91.0 Å². The number of carbonyl (C=O) groups is 3. The summed E-state index contributed by atoms with van der Waals surface area (Å²) in [5.41, 5.74) is 2.86. The van der Waals surface area contributed by atoms with Gasteiger partial charge in [-0.2, -0.15) is 0 Å². The molecule has 0 aliphatic heterocycles. The Morgan fingerprint density at radius 2 is 1.26 bits per heavy atom. The van der Waals surface area contributed by atoms with Gasteiger partial charge in [0.15, 0.2) is 0 Å². The van der Waals surface area contributed by atoms with E-state index in [0.29, 0.717) is 18.4 Å². The Morgan fingerprint density at radius 1 is 0.684 bits per heavy atom. The maximum atomic E-state index is 13.1. The first-order chi connectivity index (χ1) is 18.5. The molecule has 0 aromatic heterocycles. The maximum absolute atomic E-state index is 13.1. The molecule has 0 spiro atoms. The van der Waals surface area contributed by atoms with E-state index in [2.05, 4.69) is 24.3 Å². The predicted octanol–water partition coefficient (Wildman–Crippen LogP) is 6.63. The van der Waals surface area contributed by atoms with Crippen molar-refractivity contribution in [3.8, 4) is 0 Å². The van der Waals surface area contributed by atoms with Gasteiger partial charge in [0.25, 0.3) is 0 Å². The van der Waals surface area contributed by atoms with Crippen LogP contribution in [0, 0.1) is 11.8 Å². The average molecular weight is 507 g/mol. The summed E-state index contributed by atoms with van der Waals surface area (Å²) in [4.78, 5) is 35.9. The summed E-state index contributed by atoms with van der Waals surface area (Å²) in [6, 6.07) is 33.9. The van der Waals surface area contributed by atoms with E-state index >= 15 is 0 Å². The second-order valence-corrected chi connectivity index (χ2v) is 9.98. The standard InChI is InChI=1S/C33H30O5/c34-29(32(35)36)17-9-16-27-30(23-11-3-1-4-12-23)28(31(27)24-13-5-2-6-14-24)21-38-33(37)26-19-18-22-10-7-8-15-25(22)20-26/h1-8,10-15,18-20,27-28,30-31H,9,16-17,21H2,(H,35,36). The number of ketones is 1. The Labute approximate surface area is 222 Å². The fraction of sp³-hybridized carbons (Fsp3) is 0.242. The lowest BCUT2D eigenvalue weighted by molar-refractivity contribution is -0.149. The Kier molecular flexibility index (Phi) is 7.64. The molecule has 4 aromatic carbocycles. The van der Waals surface area contributed by atoms with Crippen molar-refractivity contribution >= 4 is 28.5 Å². The molecule has 0 amide bonds. The molecule has 2 unspecified atom stereocenters. The summed E-state index contributed by atoms with van der Waals surface area (Å²) in [5.74, 6) is -1.95. The topological polar surface area (TPSA) is 80.7 Å². The molecule has 0 saturated heterocycles. The number of fused-ring (bicyclic) bond motifs is 1. The number of rotatable bonds is 10. The lowest BCUT2D eigenvalue weighted by atomic mass is 9.51. The molecule has 0 radical (unpaired) electrons. The SMILES string of the molecule is O=C(O)C(=O)CCCC1C(c2ccccc2)C(COC(=O)c2ccc3ccccc3c2)C1c1ccccc1. The first-order valence-electron chi connectivity index (χ1n) is 13.0. The Hall–Kier alpha value is -4.25. The summed E-state index contributed by atoms with van der Waals surface area (Å²) in [6.45, 7) is 0.273. The summed E-state index contributed by atoms with van der Waals surface area (Å²) in [6.07, 6.45) is 1.25. The summed E-state index contributed by atoms with van der Waals surface area (Å²) >= 11 is 0. The van der Waals surface area contributed by atoms with Crippen LogP contribution in [0.4, 0.5) is 0 Å². The van der Waals surface area contributed by atoms with Crippen LogP contribution in [-0.2, 0) is 14.3 Å². The van der Waals surface area contributed by atoms with Crippen molar-refractivity contribution in [2.45, 2.75) is 31.1 Å². The highest BCUT2D eigenvalue weighted by molar-refractivity contribution is 6.32. The maximum Gasteiger partial charge on any atom is 0.372 e. The lowest BCUT2D eigenvalue weighted by Gasteiger charge is -2.53. The van der Waals surface area contributed by atoms with Crippen LogP contribution in [0.3, 0.4) is 0 Å². The van der Waals surface area contributed by atoms with Crippen molar-refractivity contribution in [1.82, 2.24) is 0 Å². The molecule has 38 heavy (non-hydrogen) atoms. The van der Waals surface area contributed by atoms with Gasteiger partial charge in [0.1, 0.15) is 0 Å². The molecule has 2 atom stereocenters. The number of ether oxygens (including phenoxy) is 1. The minimum Gasteiger partial charge on any atom is -0.476 e. The number of benzene rings is 4. The van der Waals surface area contributed by atoms with E-state index in [0.717, 1.165) is 10.8 Å². The summed E-state index contributed by atoms with van der Waals surface area (Å²) < 4.78 is 5.94. The fourth-order valence-electron chi connectivity index (χ4n) is 6.02. The molecule has 192 valence electrons. The minimum absolute atomic E-state index is 0.0243. The van der Waals surface area contributed by atoms with E-state index in [-0.39, 0.29) is 42.7 Å². The normalized spacial score (nSPS) is 20.4. The van der Waals surface area contributed by atoms with E-state index in [9.17, 15) is 14.4 Å². The van der Waals surface area contributed by atoms with Crippen LogP contribution in [0.1, 0.15) is 52.6 Å². The molecule has 1 saturated carbocycles. The van der Waals surface area contributed by atoms with Crippen LogP contribution in [0.15, 0.2) is 103 Å². The Bertz CT molecular complexity index is 1380. The molecule has 1 fully saturated rings. The van der Waals surface area contributed by atoms with Crippen LogP contribution in [0.25, 0.3) is 10.8 Å². The Morgan fingerprint density at radius 3 is 1.87 bits per heavy atom. The van der Waals surface area contributed by atoms with Gasteiger partial charge < -0.3 is 9.84 Å². The van der Waals surface area contributed by atoms with Gasteiger partial charge >= 0.3 is 11.9 Å². The number of carbonyl (C=O) groups excluding carboxylic acids is 2. The first-order valence-corrected chi connectivity index (χ1v) is 13.0. The highest BCUT2D eigenvalue weighted by atomic mass is 16.5. The number of aliphatic carboxylic acids is 1. The first kappa shape index (κ1) is 25.4. The molecule has 5 rings (SSSR count). The molecular formula is C33H30O5. The molecule has 5 nitrogen and oxygen atoms in total.